The number of carbonyl (C=O) groups excluding carboxylic acids is 1. The van der Waals surface area contributed by atoms with E-state index in [4.69, 9.17) is 0 Å². The van der Waals surface area contributed by atoms with Crippen molar-refractivity contribution in [3.8, 4) is 0 Å². The lowest BCUT2D eigenvalue weighted by atomic mass is 10.0. The van der Waals surface area contributed by atoms with Crippen molar-refractivity contribution < 1.29 is 4.79 Å². The van der Waals surface area contributed by atoms with Crippen molar-refractivity contribution in [1.29, 1.82) is 0 Å². The largest absolute Gasteiger partial charge is 0.342 e. The molecule has 0 spiro atoms. The molecule has 0 aliphatic heterocycles. The highest BCUT2D eigenvalue weighted by Gasteiger charge is 2.23. The summed E-state index contributed by atoms with van der Waals surface area (Å²) in [6.45, 7) is 8.46. The molecule has 0 saturated carbocycles. The number of aromatic amines is 1. The van der Waals surface area contributed by atoms with Crippen LogP contribution in [0.1, 0.15) is 39.6 Å². The quantitative estimate of drug-likeness (QED) is 0.700. The Morgan fingerprint density at radius 2 is 1.92 bits per heavy atom. The molecule has 1 amide bonds. The Morgan fingerprint density at radius 1 is 1.20 bits per heavy atom. The number of hydrogen-bond acceptors (Lipinski definition) is 2. The van der Waals surface area contributed by atoms with Gasteiger partial charge in [0.1, 0.15) is 11.9 Å². The molecule has 0 fully saturated rings. The number of imidazole rings is 1. The average molecular weight is 338 g/mol. The third-order valence-electron chi connectivity index (χ3n) is 4.25. The third-order valence-corrected chi connectivity index (χ3v) is 4.25. The van der Waals surface area contributed by atoms with E-state index in [1.807, 2.05) is 47.3 Å². The van der Waals surface area contributed by atoms with Crippen LogP contribution in [-0.4, -0.2) is 20.4 Å². The number of amides is 1. The Bertz CT molecular complexity index is 846. The van der Waals surface area contributed by atoms with E-state index in [2.05, 4.69) is 43.0 Å². The molecule has 0 aliphatic rings. The van der Waals surface area contributed by atoms with Gasteiger partial charge in [-0.2, -0.15) is 0 Å². The molecule has 0 saturated heterocycles. The molecule has 0 radical (unpaired) electrons. The van der Waals surface area contributed by atoms with Gasteiger partial charge in [-0.25, -0.2) is 4.98 Å². The lowest BCUT2D eigenvalue weighted by Crippen LogP contribution is -2.29. The Labute approximate surface area is 148 Å². The van der Waals surface area contributed by atoms with Gasteiger partial charge in [-0.05, 0) is 42.2 Å². The predicted molar refractivity (Wildman–Crippen MR) is 102 cm³/mol. The van der Waals surface area contributed by atoms with E-state index in [0.717, 1.165) is 29.0 Å². The summed E-state index contributed by atoms with van der Waals surface area (Å²) < 4.78 is 1.95. The van der Waals surface area contributed by atoms with Gasteiger partial charge in [0.05, 0.1) is 11.0 Å². The lowest BCUT2D eigenvalue weighted by Gasteiger charge is -2.22. The van der Waals surface area contributed by atoms with E-state index in [0.29, 0.717) is 5.92 Å². The smallest absolute Gasteiger partial charge is 0.247 e. The van der Waals surface area contributed by atoms with Crippen LogP contribution in [0, 0.1) is 11.8 Å². The average Bonchev–Trinajstić information content (AvgIpc) is 3.15. The number of H-pyrrole nitrogens is 1. The number of fused-ring (bicyclic) bond motifs is 1. The predicted octanol–water partition coefficient (Wildman–Crippen LogP) is 4.40. The second-order valence-corrected chi connectivity index (χ2v) is 7.32. The van der Waals surface area contributed by atoms with Gasteiger partial charge in [-0.15, -0.1) is 0 Å². The molecular formula is C20H26N4O. The molecule has 2 heterocycles. The van der Waals surface area contributed by atoms with Crippen molar-refractivity contribution in [2.24, 2.45) is 11.8 Å². The van der Waals surface area contributed by atoms with Gasteiger partial charge >= 0.3 is 0 Å². The molecule has 5 heteroatoms. The number of nitrogens with one attached hydrogen (secondary N) is 2. The van der Waals surface area contributed by atoms with Gasteiger partial charge in [0, 0.05) is 24.5 Å². The van der Waals surface area contributed by atoms with E-state index in [1.54, 1.807) is 0 Å². The first-order valence-electron chi connectivity index (χ1n) is 8.86. The molecule has 1 atom stereocenters. The molecular weight excluding hydrogens is 312 g/mol. The first-order valence-corrected chi connectivity index (χ1v) is 8.86. The fourth-order valence-electron chi connectivity index (χ4n) is 3.16. The number of benzene rings is 1. The highest BCUT2D eigenvalue weighted by Crippen LogP contribution is 2.23. The van der Waals surface area contributed by atoms with Crippen molar-refractivity contribution >= 4 is 22.6 Å². The second kappa shape index (κ2) is 7.13. The topological polar surface area (TPSA) is 62.7 Å². The summed E-state index contributed by atoms with van der Waals surface area (Å²) in [6.07, 6.45) is 4.78. The Kier molecular flexibility index (Phi) is 4.93. The van der Waals surface area contributed by atoms with Crippen LogP contribution >= 0.6 is 0 Å². The van der Waals surface area contributed by atoms with Gasteiger partial charge in [0.15, 0.2) is 0 Å². The molecule has 1 aromatic carbocycles. The fraction of sp³-hybridized carbons (Fsp3) is 0.400. The number of carbonyl (C=O) groups is 1. The minimum Gasteiger partial charge on any atom is -0.342 e. The molecule has 5 nitrogen and oxygen atoms in total. The van der Waals surface area contributed by atoms with E-state index >= 15 is 0 Å². The van der Waals surface area contributed by atoms with E-state index in [1.165, 1.54) is 0 Å². The summed E-state index contributed by atoms with van der Waals surface area (Å²) in [5, 5.41) is 3.05. The van der Waals surface area contributed by atoms with E-state index in [-0.39, 0.29) is 17.9 Å². The minimum atomic E-state index is -0.232. The summed E-state index contributed by atoms with van der Waals surface area (Å²) in [5.41, 5.74) is 2.67. The number of anilines is 1. The Hall–Kier alpha value is -2.56. The minimum absolute atomic E-state index is 0.00697. The second-order valence-electron chi connectivity index (χ2n) is 7.32. The van der Waals surface area contributed by atoms with Crippen LogP contribution in [0.15, 0.2) is 42.7 Å². The summed E-state index contributed by atoms with van der Waals surface area (Å²) in [7, 11) is 0. The Morgan fingerprint density at radius 3 is 2.56 bits per heavy atom. The monoisotopic (exact) mass is 338 g/mol. The van der Waals surface area contributed by atoms with E-state index in [9.17, 15) is 4.79 Å². The standard InChI is InChI=1S/C20H26N4O/c1-13(2)11-18-22-16-8-7-15(12-17(16)23-18)21-20(25)19(14(3)4)24-9-5-6-10-24/h5-10,12-14,19H,11H2,1-4H3,(H,21,25)(H,22,23). The van der Waals surface area contributed by atoms with Crippen molar-refractivity contribution in [1.82, 2.24) is 14.5 Å². The summed E-state index contributed by atoms with van der Waals surface area (Å²) in [5.74, 6) is 1.72. The molecule has 2 aromatic heterocycles. The summed E-state index contributed by atoms with van der Waals surface area (Å²) >= 11 is 0. The van der Waals surface area contributed by atoms with Crippen molar-refractivity contribution in [3.63, 3.8) is 0 Å². The molecule has 25 heavy (non-hydrogen) atoms. The normalized spacial score (nSPS) is 12.9. The lowest BCUT2D eigenvalue weighted by molar-refractivity contribution is -0.120. The van der Waals surface area contributed by atoms with E-state index < -0.39 is 0 Å². The maximum absolute atomic E-state index is 12.8. The number of aromatic nitrogens is 3. The van der Waals surface area contributed by atoms with Gasteiger partial charge in [-0.3, -0.25) is 4.79 Å². The highest BCUT2D eigenvalue weighted by atomic mass is 16.2. The van der Waals surface area contributed by atoms with Crippen LogP contribution in [0.4, 0.5) is 5.69 Å². The highest BCUT2D eigenvalue weighted by molar-refractivity contribution is 5.95. The van der Waals surface area contributed by atoms with Crippen molar-refractivity contribution in [2.45, 2.75) is 40.2 Å². The van der Waals surface area contributed by atoms with Gasteiger partial charge in [-0.1, -0.05) is 27.7 Å². The zero-order chi connectivity index (χ0) is 18.0. The molecule has 0 bridgehead atoms. The van der Waals surface area contributed by atoms with Crippen LogP contribution in [0.3, 0.4) is 0 Å². The van der Waals surface area contributed by atoms with Gasteiger partial charge in [0.25, 0.3) is 0 Å². The SMILES string of the molecule is CC(C)Cc1nc2ccc(NC(=O)C(C(C)C)n3cccc3)cc2[nH]1. The first kappa shape index (κ1) is 17.3. The van der Waals surface area contributed by atoms with Crippen LogP contribution in [-0.2, 0) is 11.2 Å². The molecule has 2 N–H and O–H groups in total. The summed E-state index contributed by atoms with van der Waals surface area (Å²) in [6, 6.07) is 9.46. The molecule has 3 aromatic rings. The number of rotatable bonds is 6. The maximum atomic E-state index is 12.8. The molecule has 132 valence electrons. The molecule has 1 unspecified atom stereocenters. The van der Waals surface area contributed by atoms with Gasteiger partial charge in [0.2, 0.25) is 5.91 Å². The zero-order valence-corrected chi connectivity index (χ0v) is 15.3. The fourth-order valence-corrected chi connectivity index (χ4v) is 3.16. The van der Waals surface area contributed by atoms with Crippen molar-refractivity contribution in [3.05, 3.63) is 48.5 Å². The third kappa shape index (κ3) is 3.92. The summed E-state index contributed by atoms with van der Waals surface area (Å²) in [4.78, 5) is 20.7. The van der Waals surface area contributed by atoms with Crippen LogP contribution in [0.2, 0.25) is 0 Å². The zero-order valence-electron chi connectivity index (χ0n) is 15.3. The van der Waals surface area contributed by atoms with Gasteiger partial charge < -0.3 is 14.9 Å². The maximum Gasteiger partial charge on any atom is 0.247 e. The van der Waals surface area contributed by atoms with Crippen LogP contribution in [0.5, 0.6) is 0 Å². The van der Waals surface area contributed by atoms with Crippen LogP contribution < -0.4 is 5.32 Å². The van der Waals surface area contributed by atoms with Crippen molar-refractivity contribution in [2.75, 3.05) is 5.32 Å². The number of nitrogens with zero attached hydrogens (tertiary/aromatic N) is 2. The first-order chi connectivity index (χ1) is 11.9. The molecule has 0 aliphatic carbocycles. The number of hydrogen-bond donors (Lipinski definition) is 2. The van der Waals surface area contributed by atoms with Crippen LogP contribution in [0.25, 0.3) is 11.0 Å². The Balaban J connectivity index is 1.80. The molecule has 3 rings (SSSR count).